The van der Waals surface area contributed by atoms with Crippen molar-refractivity contribution in [1.29, 1.82) is 0 Å². The Morgan fingerprint density at radius 3 is 3.00 bits per heavy atom. The molecule has 0 amide bonds. The second kappa shape index (κ2) is 7.17. The number of aromatic nitrogens is 2. The quantitative estimate of drug-likeness (QED) is 0.797. The van der Waals surface area contributed by atoms with Gasteiger partial charge >= 0.3 is 0 Å². The van der Waals surface area contributed by atoms with E-state index < -0.39 is 6.04 Å². The Morgan fingerprint density at radius 2 is 2.30 bits per heavy atom. The van der Waals surface area contributed by atoms with E-state index in [1.54, 1.807) is 12.1 Å². The lowest BCUT2D eigenvalue weighted by molar-refractivity contribution is 0.119. The van der Waals surface area contributed by atoms with Crippen LogP contribution < -0.4 is 5.73 Å². The molecule has 1 unspecified atom stereocenters. The number of nitrogens with zero attached hydrogens (tertiary/aromatic N) is 2. The maximum absolute atomic E-state index is 5.95. The molecule has 0 fully saturated rings. The van der Waals surface area contributed by atoms with Gasteiger partial charge in [0.15, 0.2) is 5.82 Å². The van der Waals surface area contributed by atoms with Crippen molar-refractivity contribution in [2.24, 2.45) is 5.73 Å². The van der Waals surface area contributed by atoms with E-state index in [0.717, 1.165) is 16.5 Å². The maximum Gasteiger partial charge on any atom is 0.259 e. The first-order valence-electron chi connectivity index (χ1n) is 6.24. The third-order valence-corrected chi connectivity index (χ3v) is 3.47. The highest BCUT2D eigenvalue weighted by atomic mass is 79.9. The van der Waals surface area contributed by atoms with Gasteiger partial charge in [-0.3, -0.25) is 0 Å². The zero-order valence-electron chi connectivity index (χ0n) is 11.0. The van der Waals surface area contributed by atoms with Gasteiger partial charge in [-0.25, -0.2) is 0 Å². The summed E-state index contributed by atoms with van der Waals surface area (Å²) in [4.78, 5) is 4.29. The second-order valence-corrected chi connectivity index (χ2v) is 5.55. The zero-order chi connectivity index (χ0) is 14.5. The van der Waals surface area contributed by atoms with Crippen LogP contribution in [0.2, 0.25) is 5.02 Å². The minimum absolute atomic E-state index is 0.370. The lowest BCUT2D eigenvalue weighted by Gasteiger charge is -2.06. The number of ether oxygens (including phenoxy) is 1. The summed E-state index contributed by atoms with van der Waals surface area (Å²) in [6, 6.07) is 4.94. The average molecular weight is 361 g/mol. The van der Waals surface area contributed by atoms with Gasteiger partial charge in [0.05, 0.1) is 18.2 Å². The molecule has 2 N–H and O–H groups in total. The first-order valence-corrected chi connectivity index (χ1v) is 7.41. The van der Waals surface area contributed by atoms with Crippen LogP contribution in [0.4, 0.5) is 0 Å². The van der Waals surface area contributed by atoms with Crippen molar-refractivity contribution in [2.45, 2.75) is 19.4 Å². The zero-order valence-corrected chi connectivity index (χ0v) is 13.3. The van der Waals surface area contributed by atoms with Crippen LogP contribution in [0.5, 0.6) is 0 Å². The predicted molar refractivity (Wildman–Crippen MR) is 80.5 cm³/mol. The van der Waals surface area contributed by atoms with Gasteiger partial charge < -0.3 is 15.0 Å². The highest BCUT2D eigenvalue weighted by molar-refractivity contribution is 9.10. The number of halogens is 2. The van der Waals surface area contributed by atoms with Crippen LogP contribution >= 0.6 is 27.5 Å². The number of benzene rings is 1. The molecule has 1 aromatic heterocycles. The lowest BCUT2D eigenvalue weighted by atomic mass is 10.2. The second-order valence-electron chi connectivity index (χ2n) is 4.26. The fourth-order valence-electron chi connectivity index (χ4n) is 1.59. The summed E-state index contributed by atoms with van der Waals surface area (Å²) in [5.74, 6) is 0.826. The highest BCUT2D eigenvalue weighted by Gasteiger charge is 2.17. The molecular weight excluding hydrogens is 346 g/mol. The number of hydrogen-bond acceptors (Lipinski definition) is 5. The van der Waals surface area contributed by atoms with Crippen molar-refractivity contribution in [3.8, 4) is 11.5 Å². The van der Waals surface area contributed by atoms with Gasteiger partial charge in [0, 0.05) is 16.1 Å². The monoisotopic (exact) mass is 359 g/mol. The SMILES string of the molecule is CCCOCC(N)c1noc(-c2ccc(Cl)cc2Br)n1. The van der Waals surface area contributed by atoms with E-state index in [1.165, 1.54) is 0 Å². The molecule has 0 bridgehead atoms. The minimum Gasteiger partial charge on any atom is -0.379 e. The lowest BCUT2D eigenvalue weighted by Crippen LogP contribution is -2.18. The molecule has 20 heavy (non-hydrogen) atoms. The molecule has 0 aliphatic rings. The maximum atomic E-state index is 5.95. The van der Waals surface area contributed by atoms with Crippen LogP contribution in [-0.4, -0.2) is 23.4 Å². The van der Waals surface area contributed by atoms with Gasteiger partial charge in [-0.05, 0) is 40.5 Å². The third kappa shape index (κ3) is 3.79. The molecule has 1 aromatic carbocycles. The smallest absolute Gasteiger partial charge is 0.259 e. The largest absolute Gasteiger partial charge is 0.379 e. The average Bonchev–Trinajstić information content (AvgIpc) is 2.88. The van der Waals surface area contributed by atoms with Crippen LogP contribution in [0.3, 0.4) is 0 Å². The summed E-state index contributed by atoms with van der Waals surface area (Å²) in [7, 11) is 0. The third-order valence-electron chi connectivity index (χ3n) is 2.58. The van der Waals surface area contributed by atoms with Crippen molar-refractivity contribution in [3.05, 3.63) is 33.5 Å². The molecule has 7 heteroatoms. The van der Waals surface area contributed by atoms with Crippen LogP contribution in [0.1, 0.15) is 25.2 Å². The van der Waals surface area contributed by atoms with Crippen molar-refractivity contribution in [2.75, 3.05) is 13.2 Å². The van der Waals surface area contributed by atoms with Gasteiger partial charge in [0.1, 0.15) is 0 Å². The predicted octanol–water partition coefficient (Wildman–Crippen LogP) is 3.58. The van der Waals surface area contributed by atoms with E-state index in [-0.39, 0.29) is 0 Å². The summed E-state index contributed by atoms with van der Waals surface area (Å²) >= 11 is 9.31. The van der Waals surface area contributed by atoms with Crippen molar-refractivity contribution in [1.82, 2.24) is 10.1 Å². The molecule has 108 valence electrons. The Morgan fingerprint density at radius 1 is 1.50 bits per heavy atom. The number of nitrogens with two attached hydrogens (primary N) is 1. The van der Waals surface area contributed by atoms with Gasteiger partial charge in [-0.15, -0.1) is 0 Å². The fourth-order valence-corrected chi connectivity index (χ4v) is 2.44. The molecular formula is C13H15BrClN3O2. The Bertz CT molecular complexity index is 576. The van der Waals surface area contributed by atoms with Crippen LogP contribution in [0.25, 0.3) is 11.5 Å². The molecule has 0 saturated heterocycles. The summed E-state index contributed by atoms with van der Waals surface area (Å²) < 4.78 is 11.4. The summed E-state index contributed by atoms with van der Waals surface area (Å²) in [5.41, 5.74) is 6.72. The Hall–Kier alpha value is -0.950. The topological polar surface area (TPSA) is 74.2 Å². The molecule has 0 saturated carbocycles. The standard InChI is InChI=1S/C13H15BrClN3O2/c1-2-5-19-7-11(16)12-17-13(20-18-12)9-4-3-8(15)6-10(9)14/h3-4,6,11H,2,5,7,16H2,1H3. The number of rotatable bonds is 6. The first-order chi connectivity index (χ1) is 9.61. The molecule has 0 aliphatic carbocycles. The highest BCUT2D eigenvalue weighted by Crippen LogP contribution is 2.29. The normalized spacial score (nSPS) is 12.6. The van der Waals surface area contributed by atoms with Crippen LogP contribution in [0, 0.1) is 0 Å². The molecule has 1 atom stereocenters. The Kier molecular flexibility index (Phi) is 5.54. The molecule has 1 heterocycles. The van der Waals surface area contributed by atoms with Crippen LogP contribution in [-0.2, 0) is 4.74 Å². The fraction of sp³-hybridized carbons (Fsp3) is 0.385. The van der Waals surface area contributed by atoms with E-state index >= 15 is 0 Å². The summed E-state index contributed by atoms with van der Waals surface area (Å²) in [6.45, 7) is 3.08. The molecule has 0 aliphatic heterocycles. The van der Waals surface area contributed by atoms with Gasteiger partial charge in [0.2, 0.25) is 0 Å². The minimum atomic E-state index is -0.398. The van der Waals surface area contributed by atoms with E-state index in [2.05, 4.69) is 26.1 Å². The van der Waals surface area contributed by atoms with Gasteiger partial charge in [0.25, 0.3) is 5.89 Å². The number of hydrogen-bond donors (Lipinski definition) is 1. The van der Waals surface area contributed by atoms with Crippen LogP contribution in [0.15, 0.2) is 27.2 Å². The Balaban J connectivity index is 2.12. The van der Waals surface area contributed by atoms with Crippen molar-refractivity contribution < 1.29 is 9.26 Å². The first kappa shape index (κ1) is 15.4. The van der Waals surface area contributed by atoms with Crippen molar-refractivity contribution >= 4 is 27.5 Å². The molecule has 0 radical (unpaired) electrons. The van der Waals surface area contributed by atoms with E-state index in [4.69, 9.17) is 26.6 Å². The molecule has 0 spiro atoms. The van der Waals surface area contributed by atoms with Crippen molar-refractivity contribution in [3.63, 3.8) is 0 Å². The Labute approximate surface area is 130 Å². The van der Waals surface area contributed by atoms with Gasteiger partial charge in [-0.2, -0.15) is 4.98 Å². The summed E-state index contributed by atoms with van der Waals surface area (Å²) in [6.07, 6.45) is 0.946. The molecule has 2 aromatic rings. The van der Waals surface area contributed by atoms with E-state index in [0.29, 0.717) is 30.0 Å². The molecule has 2 rings (SSSR count). The van der Waals surface area contributed by atoms with Gasteiger partial charge in [-0.1, -0.05) is 23.7 Å². The summed E-state index contributed by atoms with van der Waals surface area (Å²) in [5, 5.41) is 4.52. The van der Waals surface area contributed by atoms with E-state index in [9.17, 15) is 0 Å². The van der Waals surface area contributed by atoms with E-state index in [1.807, 2.05) is 13.0 Å². The molecule has 5 nitrogen and oxygen atoms in total.